The van der Waals surface area contributed by atoms with Crippen LogP contribution in [0.15, 0.2) is 36.4 Å². The van der Waals surface area contributed by atoms with Crippen LogP contribution in [0.1, 0.15) is 37.7 Å². The predicted octanol–water partition coefficient (Wildman–Crippen LogP) is 3.85. The van der Waals surface area contributed by atoms with Crippen molar-refractivity contribution in [1.29, 1.82) is 0 Å². The fourth-order valence-electron chi connectivity index (χ4n) is 1.45. The van der Waals surface area contributed by atoms with Crippen molar-refractivity contribution < 1.29 is 4.79 Å². The van der Waals surface area contributed by atoms with Gasteiger partial charge in [-0.05, 0) is 24.8 Å². The highest BCUT2D eigenvalue weighted by Gasteiger charge is 1.87. The second-order valence-electron chi connectivity index (χ2n) is 3.62. The highest BCUT2D eigenvalue weighted by Crippen LogP contribution is 2.06. The van der Waals surface area contributed by atoms with Crippen LogP contribution in [-0.4, -0.2) is 6.29 Å². The molecule has 0 atom stereocenters. The van der Waals surface area contributed by atoms with Crippen LogP contribution in [0.25, 0.3) is 6.08 Å². The maximum absolute atomic E-state index is 10.1. The predicted molar refractivity (Wildman–Crippen MR) is 64.6 cm³/mol. The molecule has 1 heteroatoms. The minimum Gasteiger partial charge on any atom is -0.303 e. The van der Waals surface area contributed by atoms with Crippen molar-refractivity contribution in [2.24, 2.45) is 0 Å². The molecular formula is C14H18O. The van der Waals surface area contributed by atoms with Crippen molar-refractivity contribution in [3.63, 3.8) is 0 Å². The summed E-state index contributed by atoms with van der Waals surface area (Å²) in [6.07, 6.45) is 10.5. The van der Waals surface area contributed by atoms with E-state index in [1.807, 2.05) is 18.2 Å². The quantitative estimate of drug-likeness (QED) is 0.485. The van der Waals surface area contributed by atoms with E-state index in [4.69, 9.17) is 0 Å². The number of unbranched alkanes of at least 4 members (excludes halogenated alkanes) is 4. The number of benzene rings is 1. The second kappa shape index (κ2) is 7.98. The van der Waals surface area contributed by atoms with Gasteiger partial charge in [-0.2, -0.15) is 0 Å². The summed E-state index contributed by atoms with van der Waals surface area (Å²) in [5.41, 5.74) is 1.25. The van der Waals surface area contributed by atoms with Gasteiger partial charge < -0.3 is 4.79 Å². The van der Waals surface area contributed by atoms with Crippen LogP contribution < -0.4 is 0 Å². The molecule has 0 saturated carbocycles. The first-order valence-corrected chi connectivity index (χ1v) is 5.58. The number of carbonyl (C=O) groups excluding carboxylic acids is 1. The Morgan fingerprint density at radius 3 is 2.40 bits per heavy atom. The van der Waals surface area contributed by atoms with Crippen LogP contribution in [-0.2, 0) is 4.79 Å². The summed E-state index contributed by atoms with van der Waals surface area (Å²) in [5, 5.41) is 0. The van der Waals surface area contributed by atoms with E-state index in [9.17, 15) is 4.79 Å². The topological polar surface area (TPSA) is 17.1 Å². The van der Waals surface area contributed by atoms with E-state index in [0.29, 0.717) is 6.42 Å². The number of hydrogen-bond donors (Lipinski definition) is 0. The van der Waals surface area contributed by atoms with Crippen LogP contribution in [0.5, 0.6) is 0 Å². The van der Waals surface area contributed by atoms with Gasteiger partial charge in [0.05, 0.1) is 0 Å². The largest absolute Gasteiger partial charge is 0.303 e. The zero-order valence-corrected chi connectivity index (χ0v) is 9.06. The van der Waals surface area contributed by atoms with Gasteiger partial charge in [0, 0.05) is 6.42 Å². The summed E-state index contributed by atoms with van der Waals surface area (Å²) in [6, 6.07) is 10.3. The second-order valence-corrected chi connectivity index (χ2v) is 3.62. The van der Waals surface area contributed by atoms with Crippen molar-refractivity contribution in [3.05, 3.63) is 42.0 Å². The summed E-state index contributed by atoms with van der Waals surface area (Å²) in [5.74, 6) is 0. The molecule has 1 nitrogen and oxygen atoms in total. The first kappa shape index (κ1) is 11.7. The third kappa shape index (κ3) is 5.84. The molecule has 0 fully saturated rings. The van der Waals surface area contributed by atoms with Gasteiger partial charge in [0.2, 0.25) is 0 Å². The highest BCUT2D eigenvalue weighted by atomic mass is 16.1. The minimum atomic E-state index is 0.711. The lowest BCUT2D eigenvalue weighted by atomic mass is 10.1. The molecule has 0 aromatic heterocycles. The van der Waals surface area contributed by atoms with Crippen LogP contribution >= 0.6 is 0 Å². The van der Waals surface area contributed by atoms with Gasteiger partial charge in [0.15, 0.2) is 0 Å². The van der Waals surface area contributed by atoms with Crippen molar-refractivity contribution in [2.45, 2.75) is 32.1 Å². The van der Waals surface area contributed by atoms with Crippen LogP contribution in [0.3, 0.4) is 0 Å². The third-order valence-electron chi connectivity index (χ3n) is 2.30. The molecule has 0 aliphatic heterocycles. The number of allylic oxidation sites excluding steroid dienone is 1. The van der Waals surface area contributed by atoms with Crippen LogP contribution in [0.4, 0.5) is 0 Å². The van der Waals surface area contributed by atoms with Gasteiger partial charge >= 0.3 is 0 Å². The molecule has 1 rings (SSSR count). The van der Waals surface area contributed by atoms with Crippen molar-refractivity contribution in [2.75, 3.05) is 0 Å². The van der Waals surface area contributed by atoms with Gasteiger partial charge in [0.25, 0.3) is 0 Å². The summed E-state index contributed by atoms with van der Waals surface area (Å²) < 4.78 is 0. The molecule has 0 spiro atoms. The highest BCUT2D eigenvalue weighted by molar-refractivity contribution is 5.49. The molecule has 0 aliphatic carbocycles. The number of aldehydes is 1. The van der Waals surface area contributed by atoms with E-state index in [0.717, 1.165) is 25.5 Å². The van der Waals surface area contributed by atoms with Gasteiger partial charge in [-0.15, -0.1) is 0 Å². The molecule has 0 N–H and O–H groups in total. The first-order valence-electron chi connectivity index (χ1n) is 5.58. The smallest absolute Gasteiger partial charge is 0.119 e. The average Bonchev–Trinajstić information content (AvgIpc) is 2.29. The van der Waals surface area contributed by atoms with Gasteiger partial charge in [-0.3, -0.25) is 0 Å². The van der Waals surface area contributed by atoms with Gasteiger partial charge in [-0.1, -0.05) is 48.9 Å². The monoisotopic (exact) mass is 202 g/mol. The lowest BCUT2D eigenvalue weighted by molar-refractivity contribution is -0.107. The average molecular weight is 202 g/mol. The summed E-state index contributed by atoms with van der Waals surface area (Å²) in [7, 11) is 0. The minimum absolute atomic E-state index is 0.711. The maximum Gasteiger partial charge on any atom is 0.119 e. The Balaban J connectivity index is 2.10. The molecule has 0 heterocycles. The lowest BCUT2D eigenvalue weighted by Crippen LogP contribution is -1.77. The number of hydrogen-bond acceptors (Lipinski definition) is 1. The standard InChI is InChI=1S/C14H18O/c15-13-9-4-2-1-3-6-10-14-11-7-5-8-12-14/h5-8,10-13H,1-4,9H2. The molecule has 0 radical (unpaired) electrons. The molecule has 0 bridgehead atoms. The van der Waals surface area contributed by atoms with E-state index in [1.54, 1.807) is 0 Å². The lowest BCUT2D eigenvalue weighted by Gasteiger charge is -1.94. The molecule has 15 heavy (non-hydrogen) atoms. The van der Waals surface area contributed by atoms with E-state index in [-0.39, 0.29) is 0 Å². The molecule has 1 aromatic rings. The van der Waals surface area contributed by atoms with E-state index >= 15 is 0 Å². The molecule has 80 valence electrons. The molecule has 1 aromatic carbocycles. The fourth-order valence-corrected chi connectivity index (χ4v) is 1.45. The van der Waals surface area contributed by atoms with Gasteiger partial charge in [0.1, 0.15) is 6.29 Å². The van der Waals surface area contributed by atoms with Crippen LogP contribution in [0.2, 0.25) is 0 Å². The Kier molecular flexibility index (Phi) is 6.23. The third-order valence-corrected chi connectivity index (χ3v) is 2.30. The molecule has 0 unspecified atom stereocenters. The summed E-state index contributed by atoms with van der Waals surface area (Å²) >= 11 is 0. The van der Waals surface area contributed by atoms with E-state index in [1.165, 1.54) is 12.0 Å². The van der Waals surface area contributed by atoms with Crippen LogP contribution in [0, 0.1) is 0 Å². The number of carbonyl (C=O) groups is 1. The molecular weight excluding hydrogens is 184 g/mol. The number of rotatable bonds is 7. The zero-order valence-electron chi connectivity index (χ0n) is 9.06. The van der Waals surface area contributed by atoms with Crippen molar-refractivity contribution in [1.82, 2.24) is 0 Å². The first-order chi connectivity index (χ1) is 7.43. The van der Waals surface area contributed by atoms with Crippen molar-refractivity contribution >= 4 is 12.4 Å². The Hall–Kier alpha value is -1.37. The maximum atomic E-state index is 10.1. The Bertz CT molecular complexity index is 287. The summed E-state index contributed by atoms with van der Waals surface area (Å²) in [6.45, 7) is 0. The fraction of sp³-hybridized carbons (Fsp3) is 0.357. The zero-order chi connectivity index (χ0) is 10.8. The Labute approximate surface area is 91.8 Å². The van der Waals surface area contributed by atoms with E-state index in [2.05, 4.69) is 24.3 Å². The summed E-state index contributed by atoms with van der Waals surface area (Å²) in [4.78, 5) is 10.1. The normalized spacial score (nSPS) is 10.7. The van der Waals surface area contributed by atoms with Crippen molar-refractivity contribution in [3.8, 4) is 0 Å². The van der Waals surface area contributed by atoms with Gasteiger partial charge in [-0.25, -0.2) is 0 Å². The molecule has 0 amide bonds. The molecule has 0 aliphatic rings. The Morgan fingerprint density at radius 2 is 1.67 bits per heavy atom. The Morgan fingerprint density at radius 1 is 0.933 bits per heavy atom. The SMILES string of the molecule is O=CCCCCCC=Cc1ccccc1. The van der Waals surface area contributed by atoms with E-state index < -0.39 is 0 Å². The molecule has 0 saturated heterocycles.